The van der Waals surface area contributed by atoms with E-state index in [0.29, 0.717) is 5.69 Å². The van der Waals surface area contributed by atoms with Gasteiger partial charge in [-0.25, -0.2) is 0 Å². The molecule has 0 fully saturated rings. The first kappa shape index (κ1) is 20.5. The smallest absolute Gasteiger partial charge is 0.239 e. The minimum absolute atomic E-state index is 0.338. The lowest BCUT2D eigenvalue weighted by Crippen LogP contribution is -2.41. The fraction of sp³-hybridized carbons (Fsp3) is 0.364. The number of rotatable bonds is 7. The second-order valence-electron chi connectivity index (χ2n) is 7.07. The average molecular weight is 367 g/mol. The number of nitrogens with zero attached hydrogens (tertiary/aromatic N) is 1. The molecule has 0 spiro atoms. The van der Waals surface area contributed by atoms with Crippen LogP contribution in [-0.4, -0.2) is 24.9 Å². The fourth-order valence-corrected chi connectivity index (χ4v) is 2.76. The summed E-state index contributed by atoms with van der Waals surface area (Å²) in [5.41, 5.74) is 2.27. The van der Waals surface area contributed by atoms with Gasteiger partial charge in [0.2, 0.25) is 11.8 Å². The zero-order chi connectivity index (χ0) is 20.0. The SMILES string of the molecule is CCN(CC)c1ccc(NC(=O)C(C)(C)C(=O)Nc2ccccc2)c(C)c1. The second kappa shape index (κ2) is 8.71. The number of benzene rings is 2. The van der Waals surface area contributed by atoms with E-state index in [1.807, 2.05) is 37.3 Å². The molecular weight excluding hydrogens is 338 g/mol. The van der Waals surface area contributed by atoms with E-state index in [0.717, 1.165) is 30.0 Å². The lowest BCUT2D eigenvalue weighted by Gasteiger charge is -2.25. The Balaban J connectivity index is 2.12. The Morgan fingerprint density at radius 1 is 0.926 bits per heavy atom. The molecule has 2 aromatic rings. The zero-order valence-electron chi connectivity index (χ0n) is 16.8. The van der Waals surface area contributed by atoms with E-state index in [9.17, 15) is 9.59 Å². The largest absolute Gasteiger partial charge is 0.372 e. The van der Waals surface area contributed by atoms with Crippen LogP contribution in [0.3, 0.4) is 0 Å². The third kappa shape index (κ3) is 4.88. The fourth-order valence-electron chi connectivity index (χ4n) is 2.76. The van der Waals surface area contributed by atoms with Crippen molar-refractivity contribution < 1.29 is 9.59 Å². The summed E-state index contributed by atoms with van der Waals surface area (Å²) in [5.74, 6) is -0.682. The standard InChI is InChI=1S/C22H29N3O2/c1-6-25(7-2)18-13-14-19(16(3)15-18)24-21(27)22(4,5)20(26)23-17-11-9-8-10-12-17/h8-15H,6-7H2,1-5H3,(H,23,26)(H,24,27). The molecule has 0 atom stereocenters. The topological polar surface area (TPSA) is 61.4 Å². The lowest BCUT2D eigenvalue weighted by atomic mass is 9.90. The quantitative estimate of drug-likeness (QED) is 0.711. The van der Waals surface area contributed by atoms with Gasteiger partial charge in [0.15, 0.2) is 0 Å². The second-order valence-corrected chi connectivity index (χ2v) is 7.07. The van der Waals surface area contributed by atoms with Crippen molar-refractivity contribution in [2.45, 2.75) is 34.6 Å². The molecule has 0 saturated heterocycles. The summed E-state index contributed by atoms with van der Waals surface area (Å²) in [6.45, 7) is 11.3. The van der Waals surface area contributed by atoms with Crippen molar-refractivity contribution >= 4 is 28.9 Å². The summed E-state index contributed by atoms with van der Waals surface area (Å²) in [4.78, 5) is 27.6. The van der Waals surface area contributed by atoms with Crippen LogP contribution >= 0.6 is 0 Å². The van der Waals surface area contributed by atoms with E-state index in [4.69, 9.17) is 0 Å². The highest BCUT2D eigenvalue weighted by molar-refractivity contribution is 6.14. The summed E-state index contributed by atoms with van der Waals surface area (Å²) >= 11 is 0. The molecule has 0 bridgehead atoms. The molecule has 0 aromatic heterocycles. The summed E-state index contributed by atoms with van der Waals surface area (Å²) in [6, 6.07) is 15.1. The first-order valence-electron chi connectivity index (χ1n) is 9.33. The molecule has 5 heteroatoms. The maximum Gasteiger partial charge on any atom is 0.239 e. The van der Waals surface area contributed by atoms with E-state index in [1.54, 1.807) is 26.0 Å². The summed E-state index contributed by atoms with van der Waals surface area (Å²) < 4.78 is 0. The molecule has 27 heavy (non-hydrogen) atoms. The van der Waals surface area contributed by atoms with Crippen molar-refractivity contribution in [2.75, 3.05) is 28.6 Å². The molecule has 2 aromatic carbocycles. The maximum absolute atomic E-state index is 12.8. The molecule has 0 aliphatic heterocycles. The Kier molecular flexibility index (Phi) is 6.61. The van der Waals surface area contributed by atoms with Crippen LogP contribution in [0.1, 0.15) is 33.3 Å². The number of anilines is 3. The third-order valence-electron chi connectivity index (χ3n) is 4.75. The van der Waals surface area contributed by atoms with Crippen LogP contribution in [0.2, 0.25) is 0 Å². The number of carbonyl (C=O) groups excluding carboxylic acids is 2. The molecule has 0 heterocycles. The minimum atomic E-state index is -1.21. The Bertz CT molecular complexity index is 796. The predicted octanol–water partition coefficient (Wildman–Crippen LogP) is 4.44. The van der Waals surface area contributed by atoms with E-state index in [-0.39, 0.29) is 11.8 Å². The number of aryl methyl sites for hydroxylation is 1. The normalized spacial score (nSPS) is 11.0. The highest BCUT2D eigenvalue weighted by Gasteiger charge is 2.36. The minimum Gasteiger partial charge on any atom is -0.372 e. The van der Waals surface area contributed by atoms with Crippen LogP contribution in [0.25, 0.3) is 0 Å². The first-order valence-corrected chi connectivity index (χ1v) is 9.33. The average Bonchev–Trinajstić information content (AvgIpc) is 2.65. The van der Waals surface area contributed by atoms with Crippen LogP contribution in [-0.2, 0) is 9.59 Å². The summed E-state index contributed by atoms with van der Waals surface area (Å²) in [7, 11) is 0. The molecule has 0 saturated carbocycles. The van der Waals surface area contributed by atoms with Gasteiger partial charge >= 0.3 is 0 Å². The Hall–Kier alpha value is -2.82. The Morgan fingerprint density at radius 2 is 1.52 bits per heavy atom. The molecule has 2 rings (SSSR count). The van der Waals surface area contributed by atoms with Crippen LogP contribution in [0.15, 0.2) is 48.5 Å². The van der Waals surface area contributed by atoms with Crippen LogP contribution in [0, 0.1) is 12.3 Å². The van der Waals surface area contributed by atoms with E-state index in [2.05, 4.69) is 35.4 Å². The van der Waals surface area contributed by atoms with Gasteiger partial charge < -0.3 is 15.5 Å². The van der Waals surface area contributed by atoms with Gasteiger partial charge in [0.05, 0.1) is 0 Å². The molecule has 2 N–H and O–H groups in total. The number of carbonyl (C=O) groups is 2. The molecule has 0 aliphatic carbocycles. The molecule has 0 radical (unpaired) electrons. The molecule has 0 unspecified atom stereocenters. The van der Waals surface area contributed by atoms with Crippen molar-refractivity contribution in [3.63, 3.8) is 0 Å². The number of nitrogens with one attached hydrogen (secondary N) is 2. The van der Waals surface area contributed by atoms with Crippen molar-refractivity contribution in [1.82, 2.24) is 0 Å². The highest BCUT2D eigenvalue weighted by atomic mass is 16.2. The maximum atomic E-state index is 12.8. The van der Waals surface area contributed by atoms with Crippen LogP contribution < -0.4 is 15.5 Å². The van der Waals surface area contributed by atoms with Crippen LogP contribution in [0.4, 0.5) is 17.1 Å². The third-order valence-corrected chi connectivity index (χ3v) is 4.75. The predicted molar refractivity (Wildman–Crippen MR) is 112 cm³/mol. The van der Waals surface area contributed by atoms with Gasteiger partial charge in [0.1, 0.15) is 5.41 Å². The number of para-hydroxylation sites is 1. The lowest BCUT2D eigenvalue weighted by molar-refractivity contribution is -0.135. The number of hydrogen-bond acceptors (Lipinski definition) is 3. The Labute approximate surface area is 161 Å². The van der Waals surface area contributed by atoms with Crippen molar-refractivity contribution in [1.29, 1.82) is 0 Å². The van der Waals surface area contributed by atoms with Gasteiger partial charge in [-0.15, -0.1) is 0 Å². The molecule has 0 aliphatic rings. The van der Waals surface area contributed by atoms with Crippen molar-refractivity contribution in [3.05, 3.63) is 54.1 Å². The van der Waals surface area contributed by atoms with E-state index >= 15 is 0 Å². The van der Waals surface area contributed by atoms with Gasteiger partial charge in [0, 0.05) is 30.2 Å². The number of hydrogen-bond donors (Lipinski definition) is 2. The van der Waals surface area contributed by atoms with Crippen molar-refractivity contribution in [3.8, 4) is 0 Å². The number of amides is 2. The summed E-state index contributed by atoms with van der Waals surface area (Å²) in [5, 5.41) is 5.70. The monoisotopic (exact) mass is 367 g/mol. The van der Waals surface area contributed by atoms with Gasteiger partial charge in [-0.2, -0.15) is 0 Å². The van der Waals surface area contributed by atoms with E-state index in [1.165, 1.54) is 0 Å². The van der Waals surface area contributed by atoms with Gasteiger partial charge in [-0.3, -0.25) is 9.59 Å². The van der Waals surface area contributed by atoms with Crippen LogP contribution in [0.5, 0.6) is 0 Å². The zero-order valence-corrected chi connectivity index (χ0v) is 16.8. The molecule has 5 nitrogen and oxygen atoms in total. The first-order chi connectivity index (χ1) is 12.8. The highest BCUT2D eigenvalue weighted by Crippen LogP contribution is 2.26. The van der Waals surface area contributed by atoms with Crippen molar-refractivity contribution in [2.24, 2.45) is 5.41 Å². The van der Waals surface area contributed by atoms with Gasteiger partial charge in [-0.05, 0) is 70.5 Å². The van der Waals surface area contributed by atoms with Gasteiger partial charge in [-0.1, -0.05) is 18.2 Å². The van der Waals surface area contributed by atoms with E-state index < -0.39 is 5.41 Å². The van der Waals surface area contributed by atoms with Gasteiger partial charge in [0.25, 0.3) is 0 Å². The Morgan fingerprint density at radius 3 is 2.07 bits per heavy atom. The molecule has 2 amide bonds. The molecule has 144 valence electrons. The molecular formula is C22H29N3O2. The summed E-state index contributed by atoms with van der Waals surface area (Å²) in [6.07, 6.45) is 0.